The van der Waals surface area contributed by atoms with E-state index in [1.54, 1.807) is 0 Å². The lowest BCUT2D eigenvalue weighted by Crippen LogP contribution is -2.34. The van der Waals surface area contributed by atoms with Crippen molar-refractivity contribution in [3.8, 4) is 0 Å². The van der Waals surface area contributed by atoms with E-state index in [9.17, 15) is 0 Å². The maximum Gasteiger partial charge on any atom is 0.00683 e. The summed E-state index contributed by atoms with van der Waals surface area (Å²) in [7, 11) is 0. The predicted octanol–water partition coefficient (Wildman–Crippen LogP) is 5.40. The van der Waals surface area contributed by atoms with E-state index in [-0.39, 0.29) is 0 Å². The molecule has 0 amide bonds. The smallest absolute Gasteiger partial charge is 0.00683 e. The summed E-state index contributed by atoms with van der Waals surface area (Å²) in [5.41, 5.74) is 0. The Morgan fingerprint density at radius 3 is 2.45 bits per heavy atom. The number of nitrogens with one attached hydrogen (secondary N) is 1. The molecule has 118 valence electrons. The van der Waals surface area contributed by atoms with Crippen LogP contribution in [-0.4, -0.2) is 12.6 Å². The summed E-state index contributed by atoms with van der Waals surface area (Å²) in [4.78, 5) is 0. The van der Waals surface area contributed by atoms with Gasteiger partial charge in [-0.25, -0.2) is 0 Å². The summed E-state index contributed by atoms with van der Waals surface area (Å²) < 4.78 is 0. The first-order chi connectivity index (χ1) is 9.72. The Kier molecular flexibility index (Phi) is 6.87. The molecule has 2 rings (SSSR count). The Hall–Kier alpha value is -0.0400. The molecule has 1 heteroatoms. The number of rotatable bonds is 9. The average Bonchev–Trinajstić information content (AvgIpc) is 3.22. The highest BCUT2D eigenvalue weighted by molar-refractivity contribution is 4.86. The minimum Gasteiger partial charge on any atom is -0.314 e. The maximum absolute atomic E-state index is 3.81. The lowest BCUT2D eigenvalue weighted by molar-refractivity contribution is 0.142. The van der Waals surface area contributed by atoms with Crippen LogP contribution >= 0.6 is 0 Å². The second kappa shape index (κ2) is 8.41. The van der Waals surface area contributed by atoms with Crippen LogP contribution in [0.1, 0.15) is 85.0 Å². The molecule has 4 unspecified atom stereocenters. The van der Waals surface area contributed by atoms with E-state index >= 15 is 0 Å². The molecule has 20 heavy (non-hydrogen) atoms. The summed E-state index contributed by atoms with van der Waals surface area (Å²) in [6, 6.07) is 0.886. The molecule has 1 nitrogen and oxygen atoms in total. The van der Waals surface area contributed by atoms with Crippen LogP contribution in [0.4, 0.5) is 0 Å². The van der Waals surface area contributed by atoms with Crippen molar-refractivity contribution in [1.82, 2.24) is 5.32 Å². The highest BCUT2D eigenvalue weighted by atomic mass is 14.9. The van der Waals surface area contributed by atoms with Crippen molar-refractivity contribution in [2.75, 3.05) is 6.54 Å². The van der Waals surface area contributed by atoms with Crippen LogP contribution in [0.3, 0.4) is 0 Å². The highest BCUT2D eigenvalue weighted by Gasteiger charge is 2.32. The van der Waals surface area contributed by atoms with Crippen LogP contribution in [0, 0.1) is 23.7 Å². The zero-order valence-corrected chi connectivity index (χ0v) is 14.2. The second-order valence-electron chi connectivity index (χ2n) is 7.80. The van der Waals surface area contributed by atoms with E-state index < -0.39 is 0 Å². The predicted molar refractivity (Wildman–Crippen MR) is 88.9 cm³/mol. The van der Waals surface area contributed by atoms with Gasteiger partial charge in [-0.2, -0.15) is 0 Å². The average molecular weight is 280 g/mol. The second-order valence-corrected chi connectivity index (χ2v) is 7.80. The van der Waals surface area contributed by atoms with Crippen LogP contribution in [0.25, 0.3) is 0 Å². The molecule has 0 heterocycles. The van der Waals surface area contributed by atoms with Crippen molar-refractivity contribution in [2.45, 2.75) is 91.0 Å². The molecule has 2 saturated carbocycles. The van der Waals surface area contributed by atoms with Gasteiger partial charge in [0.1, 0.15) is 0 Å². The van der Waals surface area contributed by atoms with Gasteiger partial charge in [-0.3, -0.25) is 0 Å². The Morgan fingerprint density at radius 2 is 1.80 bits per heavy atom. The standard InChI is InChI=1S/C19H37N/c1-4-6-15(3)12-18-13-16(7-5-2)8-9-17(18)14-20-19-10-11-19/h15-20H,4-14H2,1-3H3. The summed E-state index contributed by atoms with van der Waals surface area (Å²) in [5.74, 6) is 3.96. The van der Waals surface area contributed by atoms with Crippen molar-refractivity contribution in [1.29, 1.82) is 0 Å². The summed E-state index contributed by atoms with van der Waals surface area (Å²) in [5, 5.41) is 3.81. The molecule has 0 aromatic heterocycles. The minimum absolute atomic E-state index is 0.886. The zero-order valence-electron chi connectivity index (χ0n) is 14.2. The molecule has 0 spiro atoms. The maximum atomic E-state index is 3.81. The van der Waals surface area contributed by atoms with Crippen LogP contribution in [0.5, 0.6) is 0 Å². The minimum atomic E-state index is 0.886. The van der Waals surface area contributed by atoms with Gasteiger partial charge < -0.3 is 5.32 Å². The van der Waals surface area contributed by atoms with Gasteiger partial charge in [0.05, 0.1) is 0 Å². The molecular formula is C19H37N. The van der Waals surface area contributed by atoms with Crippen LogP contribution < -0.4 is 5.32 Å². The van der Waals surface area contributed by atoms with Crippen molar-refractivity contribution in [2.24, 2.45) is 23.7 Å². The lowest BCUT2D eigenvalue weighted by Gasteiger charge is -2.38. The summed E-state index contributed by atoms with van der Waals surface area (Å²) >= 11 is 0. The molecule has 0 bridgehead atoms. The fourth-order valence-electron chi connectivity index (χ4n) is 4.38. The Balaban J connectivity index is 1.82. The van der Waals surface area contributed by atoms with Gasteiger partial charge in [0.25, 0.3) is 0 Å². The quantitative estimate of drug-likeness (QED) is 0.596. The monoisotopic (exact) mass is 279 g/mol. The fraction of sp³-hybridized carbons (Fsp3) is 1.00. The molecule has 2 aliphatic carbocycles. The van der Waals surface area contributed by atoms with Gasteiger partial charge in [0.2, 0.25) is 0 Å². The Morgan fingerprint density at radius 1 is 1.00 bits per heavy atom. The molecule has 0 aromatic rings. The summed E-state index contributed by atoms with van der Waals surface area (Å²) in [6.07, 6.45) is 14.5. The Bertz CT molecular complexity index is 256. The van der Waals surface area contributed by atoms with Crippen molar-refractivity contribution < 1.29 is 0 Å². The van der Waals surface area contributed by atoms with Crippen molar-refractivity contribution >= 4 is 0 Å². The van der Waals surface area contributed by atoms with Crippen molar-refractivity contribution in [3.05, 3.63) is 0 Å². The van der Waals surface area contributed by atoms with Gasteiger partial charge in [-0.05, 0) is 62.3 Å². The van der Waals surface area contributed by atoms with E-state index in [1.165, 1.54) is 70.8 Å². The number of hydrogen-bond acceptors (Lipinski definition) is 1. The molecule has 4 atom stereocenters. The fourth-order valence-corrected chi connectivity index (χ4v) is 4.38. The molecule has 2 aliphatic rings. The van der Waals surface area contributed by atoms with Gasteiger partial charge >= 0.3 is 0 Å². The van der Waals surface area contributed by atoms with Gasteiger partial charge in [-0.1, -0.05) is 52.9 Å². The number of hydrogen-bond donors (Lipinski definition) is 1. The van der Waals surface area contributed by atoms with Gasteiger partial charge in [-0.15, -0.1) is 0 Å². The van der Waals surface area contributed by atoms with Crippen LogP contribution in [0.15, 0.2) is 0 Å². The third-order valence-electron chi connectivity index (χ3n) is 5.68. The normalized spacial score (nSPS) is 32.2. The van der Waals surface area contributed by atoms with Crippen LogP contribution in [0.2, 0.25) is 0 Å². The van der Waals surface area contributed by atoms with E-state index in [0.29, 0.717) is 0 Å². The van der Waals surface area contributed by atoms with Crippen LogP contribution in [-0.2, 0) is 0 Å². The zero-order chi connectivity index (χ0) is 14.4. The van der Waals surface area contributed by atoms with E-state index in [2.05, 4.69) is 26.1 Å². The van der Waals surface area contributed by atoms with Gasteiger partial charge in [0.15, 0.2) is 0 Å². The highest BCUT2D eigenvalue weighted by Crippen LogP contribution is 2.40. The molecule has 0 saturated heterocycles. The third-order valence-corrected chi connectivity index (χ3v) is 5.68. The first-order valence-corrected chi connectivity index (χ1v) is 9.46. The SMILES string of the molecule is CCCC(C)CC1CC(CCC)CCC1CNC1CC1. The first kappa shape index (κ1) is 16.3. The molecule has 0 radical (unpaired) electrons. The largest absolute Gasteiger partial charge is 0.314 e. The topological polar surface area (TPSA) is 12.0 Å². The first-order valence-electron chi connectivity index (χ1n) is 9.46. The third kappa shape index (κ3) is 5.39. The molecule has 1 N–H and O–H groups in total. The molecule has 2 fully saturated rings. The molecular weight excluding hydrogens is 242 g/mol. The van der Waals surface area contributed by atoms with Gasteiger partial charge in [0, 0.05) is 6.04 Å². The molecule has 0 aliphatic heterocycles. The van der Waals surface area contributed by atoms with E-state index in [0.717, 1.165) is 29.7 Å². The van der Waals surface area contributed by atoms with E-state index in [4.69, 9.17) is 0 Å². The Labute approximate surface area is 127 Å². The summed E-state index contributed by atoms with van der Waals surface area (Å²) in [6.45, 7) is 8.49. The molecule has 0 aromatic carbocycles. The van der Waals surface area contributed by atoms with E-state index in [1.807, 2.05) is 0 Å². The lowest BCUT2D eigenvalue weighted by atomic mass is 9.69. The van der Waals surface area contributed by atoms with Crippen molar-refractivity contribution in [3.63, 3.8) is 0 Å².